The van der Waals surface area contributed by atoms with Gasteiger partial charge in [0.05, 0.1) is 18.1 Å². The molecule has 1 aromatic carbocycles. The van der Waals surface area contributed by atoms with Crippen LogP contribution in [0.15, 0.2) is 23.1 Å². The zero-order valence-electron chi connectivity index (χ0n) is 12.2. The molecule has 8 heteroatoms. The van der Waals surface area contributed by atoms with Crippen molar-refractivity contribution >= 4 is 16.0 Å². The first-order valence-corrected chi connectivity index (χ1v) is 8.53. The Morgan fingerprint density at radius 1 is 1.41 bits per heavy atom. The molecule has 1 aliphatic rings. The third-order valence-electron chi connectivity index (χ3n) is 3.29. The van der Waals surface area contributed by atoms with Gasteiger partial charge in [0.15, 0.2) is 0 Å². The van der Waals surface area contributed by atoms with Gasteiger partial charge in [-0.25, -0.2) is 17.9 Å². The predicted molar refractivity (Wildman–Crippen MR) is 78.7 cm³/mol. The first-order chi connectivity index (χ1) is 10.4. The van der Waals surface area contributed by atoms with Crippen LogP contribution in [0.5, 0.6) is 5.75 Å². The number of sulfonamides is 1. The summed E-state index contributed by atoms with van der Waals surface area (Å²) >= 11 is 0. The molecule has 0 aliphatic carbocycles. The lowest BCUT2D eigenvalue weighted by molar-refractivity contribution is 0.0248. The van der Waals surface area contributed by atoms with Crippen molar-refractivity contribution in [2.24, 2.45) is 0 Å². The minimum absolute atomic E-state index is 0.0916. The van der Waals surface area contributed by atoms with Crippen molar-refractivity contribution in [3.63, 3.8) is 0 Å². The van der Waals surface area contributed by atoms with Crippen LogP contribution in [0.4, 0.5) is 0 Å². The highest BCUT2D eigenvalue weighted by Gasteiger charge is 2.22. The van der Waals surface area contributed by atoms with Gasteiger partial charge in [0, 0.05) is 19.4 Å². The Morgan fingerprint density at radius 3 is 2.68 bits per heavy atom. The molecular weight excluding hydrogens is 310 g/mol. The second kappa shape index (κ2) is 7.08. The van der Waals surface area contributed by atoms with Crippen molar-refractivity contribution in [3.8, 4) is 5.75 Å². The van der Waals surface area contributed by atoms with E-state index in [4.69, 9.17) is 9.47 Å². The Hall–Kier alpha value is -1.64. The molecule has 1 fully saturated rings. The minimum Gasteiger partial charge on any atom is -0.489 e. The van der Waals surface area contributed by atoms with E-state index < -0.39 is 16.0 Å². The number of nitrogens with one attached hydrogen (secondary N) is 1. The number of ether oxygens (including phenoxy) is 2. The van der Waals surface area contributed by atoms with Gasteiger partial charge in [-0.15, -0.1) is 0 Å². The summed E-state index contributed by atoms with van der Waals surface area (Å²) in [6.45, 7) is 3.02. The molecule has 122 valence electrons. The monoisotopic (exact) mass is 329 g/mol. The zero-order chi connectivity index (χ0) is 16.2. The van der Waals surface area contributed by atoms with Crippen molar-refractivity contribution in [1.29, 1.82) is 0 Å². The average Bonchev–Trinajstić information content (AvgIpc) is 2.48. The second-order valence-corrected chi connectivity index (χ2v) is 6.66. The number of carbonyl (C=O) groups is 1. The predicted octanol–water partition coefficient (Wildman–Crippen LogP) is 1.24. The quantitative estimate of drug-likeness (QED) is 0.814. The molecular formula is C14H19NO6S. The molecule has 2 rings (SSSR count). The number of benzene rings is 1. The van der Waals surface area contributed by atoms with E-state index in [-0.39, 0.29) is 28.9 Å². The third-order valence-corrected chi connectivity index (χ3v) is 4.83. The maximum atomic E-state index is 11.9. The van der Waals surface area contributed by atoms with Crippen molar-refractivity contribution in [2.45, 2.75) is 30.8 Å². The Balaban J connectivity index is 2.29. The van der Waals surface area contributed by atoms with Crippen LogP contribution in [0.25, 0.3) is 0 Å². The van der Waals surface area contributed by atoms with Gasteiger partial charge in [-0.3, -0.25) is 0 Å². The van der Waals surface area contributed by atoms with Gasteiger partial charge in [-0.1, -0.05) is 6.92 Å². The minimum atomic E-state index is -3.71. The second-order valence-electron chi connectivity index (χ2n) is 4.89. The highest BCUT2D eigenvalue weighted by atomic mass is 32.2. The maximum Gasteiger partial charge on any atom is 0.339 e. The summed E-state index contributed by atoms with van der Waals surface area (Å²) in [4.78, 5) is 11.3. The van der Waals surface area contributed by atoms with Crippen LogP contribution in [-0.4, -0.2) is 45.4 Å². The fraction of sp³-hybridized carbons (Fsp3) is 0.500. The summed E-state index contributed by atoms with van der Waals surface area (Å²) in [6.07, 6.45) is 1.23. The van der Waals surface area contributed by atoms with E-state index >= 15 is 0 Å². The van der Waals surface area contributed by atoms with Gasteiger partial charge in [0.25, 0.3) is 0 Å². The van der Waals surface area contributed by atoms with E-state index in [2.05, 4.69) is 4.72 Å². The molecule has 0 saturated carbocycles. The molecule has 1 aromatic rings. The third kappa shape index (κ3) is 3.96. The van der Waals surface area contributed by atoms with Gasteiger partial charge in [-0.05, 0) is 18.2 Å². The van der Waals surface area contributed by atoms with Crippen LogP contribution in [0, 0.1) is 0 Å². The fourth-order valence-corrected chi connectivity index (χ4v) is 3.26. The molecule has 0 bridgehead atoms. The number of carboxylic acid groups (broad SMARTS) is 1. The fourth-order valence-electron chi connectivity index (χ4n) is 2.19. The van der Waals surface area contributed by atoms with Gasteiger partial charge in [0.1, 0.15) is 17.4 Å². The van der Waals surface area contributed by atoms with Crippen molar-refractivity contribution < 1.29 is 27.8 Å². The van der Waals surface area contributed by atoms with Gasteiger partial charge in [-0.2, -0.15) is 0 Å². The van der Waals surface area contributed by atoms with E-state index in [1.54, 1.807) is 6.92 Å². The molecule has 1 aliphatic heterocycles. The summed E-state index contributed by atoms with van der Waals surface area (Å²) in [5, 5.41) is 9.30. The molecule has 0 radical (unpaired) electrons. The van der Waals surface area contributed by atoms with E-state index in [0.717, 1.165) is 6.07 Å². The Morgan fingerprint density at radius 2 is 2.09 bits per heavy atom. The molecule has 7 nitrogen and oxygen atoms in total. The highest BCUT2D eigenvalue weighted by molar-refractivity contribution is 7.89. The lowest BCUT2D eigenvalue weighted by Gasteiger charge is -2.24. The summed E-state index contributed by atoms with van der Waals surface area (Å²) in [5.41, 5.74) is -0.162. The largest absolute Gasteiger partial charge is 0.489 e. The van der Waals surface area contributed by atoms with Crippen LogP contribution < -0.4 is 9.46 Å². The van der Waals surface area contributed by atoms with Crippen molar-refractivity contribution in [2.75, 3.05) is 19.8 Å². The average molecular weight is 329 g/mol. The number of hydrogen-bond donors (Lipinski definition) is 2. The lowest BCUT2D eigenvalue weighted by Crippen LogP contribution is -2.27. The number of hydrogen-bond acceptors (Lipinski definition) is 5. The van der Waals surface area contributed by atoms with Crippen LogP contribution >= 0.6 is 0 Å². The van der Waals surface area contributed by atoms with Crippen LogP contribution in [0.3, 0.4) is 0 Å². The Kier molecular flexibility index (Phi) is 5.38. The number of carboxylic acids is 1. The van der Waals surface area contributed by atoms with Gasteiger partial charge in [0.2, 0.25) is 10.0 Å². The van der Waals surface area contributed by atoms with E-state index in [1.165, 1.54) is 12.1 Å². The summed E-state index contributed by atoms with van der Waals surface area (Å²) in [6, 6.07) is 3.86. The molecule has 0 atom stereocenters. The molecule has 22 heavy (non-hydrogen) atoms. The first-order valence-electron chi connectivity index (χ1n) is 7.05. The first kappa shape index (κ1) is 16.7. The standard InChI is InChI=1S/C14H19NO6S/c1-2-15-22(18,19)11-3-4-13(12(9-11)14(16)17)21-10-5-7-20-8-6-10/h3-4,9-10,15H,2,5-8H2,1H3,(H,16,17). The molecule has 1 heterocycles. The molecule has 0 spiro atoms. The Labute approximate surface area is 129 Å². The summed E-state index contributed by atoms with van der Waals surface area (Å²) in [7, 11) is -3.71. The molecule has 0 unspecified atom stereocenters. The normalized spacial score (nSPS) is 16.4. The smallest absolute Gasteiger partial charge is 0.339 e. The zero-order valence-corrected chi connectivity index (χ0v) is 13.1. The van der Waals surface area contributed by atoms with E-state index in [1.807, 2.05) is 0 Å². The Bertz CT molecular complexity index is 637. The number of rotatable bonds is 6. The highest BCUT2D eigenvalue weighted by Crippen LogP contribution is 2.25. The molecule has 2 N–H and O–H groups in total. The van der Waals surface area contributed by atoms with Crippen molar-refractivity contribution in [3.05, 3.63) is 23.8 Å². The van der Waals surface area contributed by atoms with E-state index in [0.29, 0.717) is 26.1 Å². The van der Waals surface area contributed by atoms with Crippen LogP contribution in [0.1, 0.15) is 30.1 Å². The lowest BCUT2D eigenvalue weighted by atomic mass is 10.1. The van der Waals surface area contributed by atoms with E-state index in [9.17, 15) is 18.3 Å². The summed E-state index contributed by atoms with van der Waals surface area (Å²) < 4.78 is 37.1. The summed E-state index contributed by atoms with van der Waals surface area (Å²) in [5.74, 6) is -1.05. The molecule has 1 saturated heterocycles. The van der Waals surface area contributed by atoms with Gasteiger partial charge < -0.3 is 14.6 Å². The molecule has 0 aromatic heterocycles. The number of aromatic carboxylic acids is 1. The van der Waals surface area contributed by atoms with Gasteiger partial charge >= 0.3 is 5.97 Å². The topological polar surface area (TPSA) is 102 Å². The SMILES string of the molecule is CCNS(=O)(=O)c1ccc(OC2CCOCC2)c(C(=O)O)c1. The van der Waals surface area contributed by atoms with Crippen LogP contribution in [-0.2, 0) is 14.8 Å². The maximum absolute atomic E-state index is 11.9. The van der Waals surface area contributed by atoms with Crippen LogP contribution in [0.2, 0.25) is 0 Å². The molecule has 0 amide bonds. The van der Waals surface area contributed by atoms with Crippen molar-refractivity contribution in [1.82, 2.24) is 4.72 Å².